The maximum absolute atomic E-state index is 5.18. The average Bonchev–Trinajstić information content (AvgIpc) is 3.08. The molecular formula is C49H83N3Zr. The summed E-state index contributed by atoms with van der Waals surface area (Å²) in [6.07, 6.45) is 0. The number of rotatable bonds is 8. The van der Waals surface area contributed by atoms with Gasteiger partial charge in [-0.2, -0.15) is 56.3 Å². The molecule has 0 bridgehead atoms. The van der Waals surface area contributed by atoms with Crippen LogP contribution >= 0.6 is 0 Å². The molecule has 9 atom stereocenters. The first kappa shape index (κ1) is 50.0. The van der Waals surface area contributed by atoms with Crippen LogP contribution < -0.4 is 4.90 Å². The fraction of sp³-hybridized carbons (Fsp3) is 0.694. The van der Waals surface area contributed by atoms with E-state index in [1.807, 2.05) is 0 Å². The number of nitrogens with zero attached hydrogens (tertiary/aromatic N) is 2. The summed E-state index contributed by atoms with van der Waals surface area (Å²) in [7, 11) is 4.36. The van der Waals surface area contributed by atoms with Crippen molar-refractivity contribution >= 4 is 0 Å². The molecule has 1 N–H and O–H groups in total. The van der Waals surface area contributed by atoms with Gasteiger partial charge in [-0.1, -0.05) is 159 Å². The molecule has 2 aliphatic carbocycles. The van der Waals surface area contributed by atoms with Crippen molar-refractivity contribution in [2.45, 2.75) is 134 Å². The Morgan fingerprint density at radius 3 is 0.906 bits per heavy atom. The molecular weight excluding hydrogens is 722 g/mol. The molecule has 4 rings (SSSR count). The first-order chi connectivity index (χ1) is 24.0. The third-order valence-corrected chi connectivity index (χ3v) is 14.0. The summed E-state index contributed by atoms with van der Waals surface area (Å²) in [5.74, 6) is 7.41. The van der Waals surface area contributed by atoms with E-state index in [0.717, 1.165) is 72.8 Å². The number of nitrogens with one attached hydrogen (secondary N) is 1. The zero-order valence-electron chi connectivity index (χ0n) is 37.4. The van der Waals surface area contributed by atoms with Gasteiger partial charge in [-0.25, -0.2) is 0 Å². The van der Waals surface area contributed by atoms with Gasteiger partial charge in [-0.15, -0.1) is 36.3 Å². The molecule has 0 amide bonds. The van der Waals surface area contributed by atoms with Crippen molar-refractivity contribution < 1.29 is 31.1 Å². The normalized spacial score (nSPS) is 32.2. The van der Waals surface area contributed by atoms with Crippen LogP contribution in [0.5, 0.6) is 0 Å². The number of benzene rings is 2. The van der Waals surface area contributed by atoms with E-state index in [-0.39, 0.29) is 37.0 Å². The van der Waals surface area contributed by atoms with Crippen LogP contribution in [-0.4, -0.2) is 38.3 Å². The molecule has 2 fully saturated rings. The van der Waals surface area contributed by atoms with Crippen molar-refractivity contribution in [1.82, 2.24) is 0 Å². The Morgan fingerprint density at radius 1 is 0.453 bits per heavy atom. The fourth-order valence-electron chi connectivity index (χ4n) is 8.62. The van der Waals surface area contributed by atoms with Gasteiger partial charge in [0.2, 0.25) is 0 Å². The summed E-state index contributed by atoms with van der Waals surface area (Å²) in [5, 5.41) is 10.4. The van der Waals surface area contributed by atoms with Crippen LogP contribution in [0.3, 0.4) is 0 Å². The van der Waals surface area contributed by atoms with Crippen LogP contribution in [0.15, 0.2) is 48.5 Å². The first-order valence-corrected chi connectivity index (χ1v) is 20.8. The quantitative estimate of drug-likeness (QED) is 0.258. The largest absolute Gasteiger partial charge is 4.00 e. The number of hydrogen-bond donors (Lipinski definition) is 1. The van der Waals surface area contributed by atoms with Gasteiger partial charge in [-0.3, -0.25) is 0 Å². The van der Waals surface area contributed by atoms with E-state index in [1.54, 1.807) is 0 Å². The minimum absolute atomic E-state index is 0. The van der Waals surface area contributed by atoms with E-state index in [0.29, 0.717) is 35.8 Å². The first-order valence-electron chi connectivity index (χ1n) is 20.8. The summed E-state index contributed by atoms with van der Waals surface area (Å²) in [4.78, 5) is 1.33. The standard InChI is InChI=1S/C27H53N3.2C11H15.Zr/c1-16-18(3)22(7)26(23(8)19(16)4)28-12-14-30(11)15-13-29-27-24(9)20(5)17(2)21(6)25(27)10;2*1-9-5-7-10(8-6-9)11(2,3)4;/h16-27,30H,11-15H2,1-10H3;2*5-8H,1H2,2-4H3;/q-2;2*-1;+4/t16?,17?,18-,19-,20+,21+,22-,23-,24+,25+,26?,27?;;;. The van der Waals surface area contributed by atoms with Crippen LogP contribution in [0.4, 0.5) is 0 Å². The Kier molecular flexibility index (Phi) is 20.8. The molecule has 0 saturated heterocycles. The van der Waals surface area contributed by atoms with Crippen molar-refractivity contribution in [3.05, 3.63) is 102 Å². The molecule has 0 aliphatic heterocycles. The summed E-state index contributed by atoms with van der Waals surface area (Å²) in [6.45, 7) is 49.1. The van der Waals surface area contributed by atoms with Gasteiger partial charge in [0, 0.05) is 13.1 Å². The smallest absolute Gasteiger partial charge is 0.655 e. The van der Waals surface area contributed by atoms with Crippen molar-refractivity contribution in [2.75, 3.05) is 26.2 Å². The molecule has 298 valence electrons. The van der Waals surface area contributed by atoms with Gasteiger partial charge in [0.05, 0.1) is 0 Å². The predicted octanol–water partition coefficient (Wildman–Crippen LogP) is 11.9. The van der Waals surface area contributed by atoms with Crippen molar-refractivity contribution in [1.29, 1.82) is 0 Å². The molecule has 0 spiro atoms. The summed E-state index contributed by atoms with van der Waals surface area (Å²) in [5.41, 5.74) is 5.41. The Morgan fingerprint density at radius 2 is 0.679 bits per heavy atom. The van der Waals surface area contributed by atoms with E-state index in [2.05, 4.69) is 180 Å². The van der Waals surface area contributed by atoms with E-state index >= 15 is 0 Å². The van der Waals surface area contributed by atoms with Gasteiger partial charge in [0.15, 0.2) is 0 Å². The molecule has 0 aromatic heterocycles. The molecule has 1 unspecified atom stereocenters. The molecule has 2 aromatic carbocycles. The summed E-state index contributed by atoms with van der Waals surface area (Å²) < 4.78 is 0. The van der Waals surface area contributed by atoms with E-state index < -0.39 is 0 Å². The van der Waals surface area contributed by atoms with Gasteiger partial charge in [0.25, 0.3) is 0 Å². The minimum atomic E-state index is 0. The Hall–Kier alpha value is -1.06. The Bertz CT molecular complexity index is 1140. The van der Waals surface area contributed by atoms with Crippen molar-refractivity contribution in [2.24, 2.45) is 59.2 Å². The van der Waals surface area contributed by atoms with E-state index in [4.69, 9.17) is 10.6 Å². The maximum atomic E-state index is 5.18. The molecule has 0 heterocycles. The molecule has 53 heavy (non-hydrogen) atoms. The third kappa shape index (κ3) is 14.8. The third-order valence-electron chi connectivity index (χ3n) is 14.0. The van der Waals surface area contributed by atoms with Crippen LogP contribution in [0, 0.1) is 80.1 Å². The predicted molar refractivity (Wildman–Crippen MR) is 231 cm³/mol. The molecule has 2 aromatic rings. The van der Waals surface area contributed by atoms with Crippen LogP contribution in [0.25, 0.3) is 10.6 Å². The van der Waals surface area contributed by atoms with E-state index in [9.17, 15) is 0 Å². The monoisotopic (exact) mass is 804 g/mol. The van der Waals surface area contributed by atoms with Gasteiger partial charge in [-0.05, 0) is 46.3 Å². The average molecular weight is 805 g/mol. The number of quaternary nitrogens is 1. The summed E-state index contributed by atoms with van der Waals surface area (Å²) >= 11 is 0. The second-order valence-corrected chi connectivity index (χ2v) is 19.5. The Labute approximate surface area is 350 Å². The molecule has 0 radical (unpaired) electrons. The fourth-order valence-corrected chi connectivity index (χ4v) is 8.62. The SMILES string of the molecule is [CH2-][NH+](CC[N-]C1[C@@H](C)[C@@H](C)C(C)[C@H](C)[C@@H]1C)CC[N-]C1[C@H](C)[C@H](C)C(C)[C@@H](C)[C@H]1C.[CH2-]c1ccc(C(C)(C)C)cc1.[CH2-]c1ccc(C(C)(C)C)cc1.[Zr+4]. The van der Waals surface area contributed by atoms with Crippen LogP contribution in [-0.2, 0) is 37.0 Å². The second-order valence-electron chi connectivity index (χ2n) is 19.5. The van der Waals surface area contributed by atoms with Crippen LogP contribution in [0.1, 0.15) is 133 Å². The van der Waals surface area contributed by atoms with Crippen molar-refractivity contribution in [3.63, 3.8) is 0 Å². The summed E-state index contributed by atoms with van der Waals surface area (Å²) in [6, 6.07) is 17.8. The van der Waals surface area contributed by atoms with Crippen LogP contribution in [0.2, 0.25) is 0 Å². The molecule has 3 nitrogen and oxygen atoms in total. The minimum Gasteiger partial charge on any atom is -0.655 e. The second kappa shape index (κ2) is 22.0. The molecule has 2 aliphatic rings. The zero-order valence-corrected chi connectivity index (χ0v) is 39.8. The van der Waals surface area contributed by atoms with Gasteiger partial charge < -0.3 is 15.5 Å². The number of hydrogen-bond acceptors (Lipinski definition) is 0. The zero-order chi connectivity index (χ0) is 39.7. The molecule has 4 heteroatoms. The topological polar surface area (TPSA) is 32.6 Å². The molecule has 2 saturated carbocycles. The maximum Gasteiger partial charge on any atom is 4.00 e. The van der Waals surface area contributed by atoms with Gasteiger partial charge in [0.1, 0.15) is 0 Å². The van der Waals surface area contributed by atoms with Gasteiger partial charge >= 0.3 is 26.2 Å². The Balaban J connectivity index is 0.000000496. The van der Waals surface area contributed by atoms with E-state index in [1.165, 1.54) is 16.0 Å². The van der Waals surface area contributed by atoms with Crippen molar-refractivity contribution in [3.8, 4) is 0 Å².